The molecule has 0 saturated carbocycles. The lowest BCUT2D eigenvalue weighted by Gasteiger charge is -2.33. The molecule has 2 aliphatic rings. The van der Waals surface area contributed by atoms with E-state index in [1.54, 1.807) is 11.3 Å². The second-order valence-corrected chi connectivity index (χ2v) is 6.69. The fraction of sp³-hybridized carbons (Fsp3) is 0.833. The number of hydrogen-bond donors (Lipinski definition) is 1. The predicted octanol–water partition coefficient (Wildman–Crippen LogP) is 1.42. The van der Waals surface area contributed by atoms with E-state index in [-0.39, 0.29) is 0 Å². The largest absolute Gasteiger partial charge is 0.317 e. The van der Waals surface area contributed by atoms with E-state index in [1.807, 2.05) is 6.92 Å². The van der Waals surface area contributed by atoms with Crippen molar-refractivity contribution in [2.45, 2.75) is 32.7 Å². The standard InChI is InChI=1S/C12H20N4S/c1-10-14-15-11(17-10)8-16-7-4-12(9-16)2-5-13-6-3-12/h13H,2-9H2,1H3. The second-order valence-electron chi connectivity index (χ2n) is 5.43. The van der Waals surface area contributed by atoms with Crippen LogP contribution < -0.4 is 5.32 Å². The van der Waals surface area contributed by atoms with Gasteiger partial charge in [-0.05, 0) is 51.2 Å². The Labute approximate surface area is 106 Å². The molecule has 0 amide bonds. The average Bonchev–Trinajstić information content (AvgIpc) is 2.89. The molecular formula is C12H20N4S. The zero-order valence-corrected chi connectivity index (χ0v) is 11.2. The fourth-order valence-corrected chi connectivity index (χ4v) is 3.87. The van der Waals surface area contributed by atoms with Crippen LogP contribution in [-0.4, -0.2) is 41.3 Å². The lowest BCUT2D eigenvalue weighted by atomic mass is 9.78. The van der Waals surface area contributed by atoms with Crippen LogP contribution in [0.25, 0.3) is 0 Å². The van der Waals surface area contributed by atoms with Crippen LogP contribution in [0.3, 0.4) is 0 Å². The number of nitrogens with zero attached hydrogens (tertiary/aromatic N) is 3. The maximum Gasteiger partial charge on any atom is 0.131 e. The highest BCUT2D eigenvalue weighted by Crippen LogP contribution is 2.39. The van der Waals surface area contributed by atoms with E-state index in [0.29, 0.717) is 5.41 Å². The quantitative estimate of drug-likeness (QED) is 0.864. The molecule has 1 aromatic rings. The van der Waals surface area contributed by atoms with Crippen LogP contribution in [-0.2, 0) is 6.54 Å². The van der Waals surface area contributed by atoms with E-state index < -0.39 is 0 Å². The summed E-state index contributed by atoms with van der Waals surface area (Å²) < 4.78 is 0. The SMILES string of the molecule is Cc1nnc(CN2CCC3(CCNCC3)C2)s1. The molecule has 2 saturated heterocycles. The number of aromatic nitrogens is 2. The smallest absolute Gasteiger partial charge is 0.131 e. The lowest BCUT2D eigenvalue weighted by Crippen LogP contribution is -2.38. The molecule has 0 aliphatic carbocycles. The first kappa shape index (κ1) is 11.6. The zero-order valence-electron chi connectivity index (χ0n) is 10.4. The molecule has 1 N–H and O–H groups in total. The van der Waals surface area contributed by atoms with Gasteiger partial charge in [-0.2, -0.15) is 0 Å². The molecule has 2 fully saturated rings. The predicted molar refractivity (Wildman–Crippen MR) is 69.1 cm³/mol. The monoisotopic (exact) mass is 252 g/mol. The number of hydrogen-bond acceptors (Lipinski definition) is 5. The van der Waals surface area contributed by atoms with Gasteiger partial charge in [-0.1, -0.05) is 0 Å². The first-order valence-electron chi connectivity index (χ1n) is 6.48. The van der Waals surface area contributed by atoms with Gasteiger partial charge in [0.25, 0.3) is 0 Å². The third kappa shape index (κ3) is 2.51. The highest BCUT2D eigenvalue weighted by molar-refractivity contribution is 7.11. The average molecular weight is 252 g/mol. The molecule has 0 bridgehead atoms. The minimum atomic E-state index is 0.602. The minimum Gasteiger partial charge on any atom is -0.317 e. The van der Waals surface area contributed by atoms with Crippen LogP contribution in [0.5, 0.6) is 0 Å². The Hall–Kier alpha value is -0.520. The molecule has 1 spiro atoms. The first-order valence-corrected chi connectivity index (χ1v) is 7.30. The summed E-state index contributed by atoms with van der Waals surface area (Å²) in [7, 11) is 0. The Morgan fingerprint density at radius 3 is 2.82 bits per heavy atom. The molecule has 5 heteroatoms. The summed E-state index contributed by atoms with van der Waals surface area (Å²) >= 11 is 1.73. The van der Waals surface area contributed by atoms with E-state index in [9.17, 15) is 0 Å². The van der Waals surface area contributed by atoms with Crippen molar-refractivity contribution in [2.24, 2.45) is 5.41 Å². The van der Waals surface area contributed by atoms with E-state index in [0.717, 1.165) is 11.6 Å². The first-order chi connectivity index (χ1) is 8.26. The Kier molecular flexibility index (Phi) is 3.15. The Balaban J connectivity index is 1.60. The number of likely N-dealkylation sites (tertiary alicyclic amines) is 1. The summed E-state index contributed by atoms with van der Waals surface area (Å²) in [5, 5.41) is 14.0. The molecule has 17 heavy (non-hydrogen) atoms. The van der Waals surface area contributed by atoms with Crippen LogP contribution in [0.4, 0.5) is 0 Å². The third-order valence-electron chi connectivity index (χ3n) is 4.11. The summed E-state index contributed by atoms with van der Waals surface area (Å²) in [5.74, 6) is 0. The van der Waals surface area contributed by atoms with E-state index >= 15 is 0 Å². The van der Waals surface area contributed by atoms with Crippen LogP contribution >= 0.6 is 11.3 Å². The van der Waals surface area contributed by atoms with Gasteiger partial charge >= 0.3 is 0 Å². The van der Waals surface area contributed by atoms with Gasteiger partial charge in [0.05, 0.1) is 6.54 Å². The summed E-state index contributed by atoms with van der Waals surface area (Å²) in [6, 6.07) is 0. The van der Waals surface area contributed by atoms with Crippen LogP contribution in [0.2, 0.25) is 0 Å². The summed E-state index contributed by atoms with van der Waals surface area (Å²) in [4.78, 5) is 2.56. The molecule has 0 radical (unpaired) electrons. The van der Waals surface area contributed by atoms with Gasteiger partial charge in [0.1, 0.15) is 10.0 Å². The normalized spacial score (nSPS) is 24.5. The molecule has 0 unspecified atom stereocenters. The van der Waals surface area contributed by atoms with Crippen molar-refractivity contribution in [1.29, 1.82) is 0 Å². The third-order valence-corrected chi connectivity index (χ3v) is 4.93. The molecule has 1 aromatic heterocycles. The van der Waals surface area contributed by atoms with Gasteiger partial charge in [-0.3, -0.25) is 4.90 Å². The topological polar surface area (TPSA) is 41.1 Å². The van der Waals surface area contributed by atoms with Crippen molar-refractivity contribution in [3.8, 4) is 0 Å². The molecule has 0 aromatic carbocycles. The zero-order chi connectivity index (χ0) is 11.7. The van der Waals surface area contributed by atoms with E-state index in [1.165, 1.54) is 50.4 Å². The van der Waals surface area contributed by atoms with Crippen LogP contribution in [0, 0.1) is 12.3 Å². The Bertz CT molecular complexity index is 384. The summed E-state index contributed by atoms with van der Waals surface area (Å²) in [5.41, 5.74) is 0.602. The molecule has 0 atom stereocenters. The highest BCUT2D eigenvalue weighted by Gasteiger charge is 2.38. The van der Waals surface area contributed by atoms with Crippen LogP contribution in [0.1, 0.15) is 29.3 Å². The van der Waals surface area contributed by atoms with Crippen molar-refractivity contribution >= 4 is 11.3 Å². The van der Waals surface area contributed by atoms with Gasteiger partial charge in [-0.25, -0.2) is 0 Å². The summed E-state index contributed by atoms with van der Waals surface area (Å²) in [6.45, 7) is 7.92. The maximum absolute atomic E-state index is 4.23. The van der Waals surface area contributed by atoms with E-state index in [4.69, 9.17) is 0 Å². The summed E-state index contributed by atoms with van der Waals surface area (Å²) in [6.07, 6.45) is 4.06. The number of rotatable bonds is 2. The van der Waals surface area contributed by atoms with Crippen molar-refractivity contribution in [1.82, 2.24) is 20.4 Å². The van der Waals surface area contributed by atoms with Gasteiger partial charge in [-0.15, -0.1) is 21.5 Å². The number of aryl methyl sites for hydroxylation is 1. The Morgan fingerprint density at radius 1 is 1.29 bits per heavy atom. The van der Waals surface area contributed by atoms with E-state index in [2.05, 4.69) is 20.4 Å². The van der Waals surface area contributed by atoms with Gasteiger partial charge in [0.15, 0.2) is 0 Å². The maximum atomic E-state index is 4.23. The van der Waals surface area contributed by atoms with Gasteiger partial charge in [0.2, 0.25) is 0 Å². The van der Waals surface area contributed by atoms with Crippen molar-refractivity contribution < 1.29 is 0 Å². The Morgan fingerprint density at radius 2 is 2.12 bits per heavy atom. The van der Waals surface area contributed by atoms with Crippen molar-refractivity contribution in [2.75, 3.05) is 26.2 Å². The fourth-order valence-electron chi connectivity index (χ4n) is 3.12. The molecular weight excluding hydrogens is 232 g/mol. The van der Waals surface area contributed by atoms with Crippen molar-refractivity contribution in [3.63, 3.8) is 0 Å². The molecule has 94 valence electrons. The highest BCUT2D eigenvalue weighted by atomic mass is 32.1. The second kappa shape index (κ2) is 4.63. The van der Waals surface area contributed by atoms with Crippen LogP contribution in [0.15, 0.2) is 0 Å². The molecule has 2 aliphatic heterocycles. The van der Waals surface area contributed by atoms with Gasteiger partial charge < -0.3 is 5.32 Å². The lowest BCUT2D eigenvalue weighted by molar-refractivity contribution is 0.194. The number of piperidine rings is 1. The molecule has 4 nitrogen and oxygen atoms in total. The van der Waals surface area contributed by atoms with Crippen molar-refractivity contribution in [3.05, 3.63) is 10.0 Å². The molecule has 3 rings (SSSR count). The van der Waals surface area contributed by atoms with Gasteiger partial charge in [0, 0.05) is 6.54 Å². The molecule has 3 heterocycles. The number of nitrogens with one attached hydrogen (secondary N) is 1. The minimum absolute atomic E-state index is 0.602.